The number of pyridine rings is 1. The smallest absolute Gasteiger partial charge is 0.113 e. The third kappa shape index (κ3) is 1.50. The van der Waals surface area contributed by atoms with Gasteiger partial charge in [-0.25, -0.2) is 4.98 Å². The molecule has 0 bridgehead atoms. The summed E-state index contributed by atoms with van der Waals surface area (Å²) in [5.41, 5.74) is 2.01. The Morgan fingerprint density at radius 2 is 2.50 bits per heavy atom. The molecule has 0 radical (unpaired) electrons. The Balaban J connectivity index is 1.99. The minimum Gasteiger partial charge on any atom is -0.377 e. The fraction of sp³-hybridized carbons (Fsp3) is 0.500. The SMILES string of the molecule is CCC1OCCC1c1nc2ccncc2[nH]1. The van der Waals surface area contributed by atoms with Gasteiger partial charge in [-0.05, 0) is 18.9 Å². The predicted molar refractivity (Wildman–Crippen MR) is 61.3 cm³/mol. The Labute approximate surface area is 94.1 Å². The molecule has 0 aliphatic carbocycles. The van der Waals surface area contributed by atoms with Crippen molar-refractivity contribution in [1.29, 1.82) is 0 Å². The number of ether oxygens (including phenoxy) is 1. The van der Waals surface area contributed by atoms with Crippen LogP contribution in [0.1, 0.15) is 31.5 Å². The van der Waals surface area contributed by atoms with Crippen LogP contribution in [0.2, 0.25) is 0 Å². The maximum atomic E-state index is 5.69. The fourth-order valence-electron chi connectivity index (χ4n) is 2.42. The molecule has 2 atom stereocenters. The molecule has 1 aliphatic rings. The van der Waals surface area contributed by atoms with Crippen LogP contribution >= 0.6 is 0 Å². The number of rotatable bonds is 2. The summed E-state index contributed by atoms with van der Waals surface area (Å²) in [7, 11) is 0. The molecule has 1 aliphatic heterocycles. The van der Waals surface area contributed by atoms with Gasteiger partial charge in [0, 0.05) is 18.7 Å². The van der Waals surface area contributed by atoms with Gasteiger partial charge in [0.05, 0.1) is 23.3 Å². The number of fused-ring (bicyclic) bond motifs is 1. The van der Waals surface area contributed by atoms with E-state index in [9.17, 15) is 0 Å². The second-order valence-corrected chi connectivity index (χ2v) is 4.23. The minimum atomic E-state index is 0.313. The van der Waals surface area contributed by atoms with E-state index in [-0.39, 0.29) is 0 Å². The first kappa shape index (κ1) is 9.78. The van der Waals surface area contributed by atoms with Gasteiger partial charge in [-0.3, -0.25) is 4.98 Å². The summed E-state index contributed by atoms with van der Waals surface area (Å²) in [6.07, 6.45) is 6.01. The van der Waals surface area contributed by atoms with Crippen molar-refractivity contribution >= 4 is 11.0 Å². The monoisotopic (exact) mass is 217 g/mol. The molecule has 0 aromatic carbocycles. The Morgan fingerprint density at radius 1 is 1.56 bits per heavy atom. The van der Waals surface area contributed by atoms with Crippen LogP contribution in [0, 0.1) is 0 Å². The number of H-pyrrole nitrogens is 1. The van der Waals surface area contributed by atoms with Crippen molar-refractivity contribution < 1.29 is 4.74 Å². The van der Waals surface area contributed by atoms with Crippen LogP contribution in [-0.2, 0) is 4.74 Å². The van der Waals surface area contributed by atoms with Crippen molar-refractivity contribution in [2.45, 2.75) is 31.8 Å². The van der Waals surface area contributed by atoms with Crippen molar-refractivity contribution in [2.75, 3.05) is 6.61 Å². The predicted octanol–water partition coefficient (Wildman–Crippen LogP) is 2.24. The standard InChI is InChI=1S/C12H15N3O/c1-2-11-8(4-6-16-11)12-14-9-3-5-13-7-10(9)15-12/h3,5,7-8,11H,2,4,6H2,1H3,(H,14,15). The summed E-state index contributed by atoms with van der Waals surface area (Å²) >= 11 is 0. The van der Waals surface area contributed by atoms with Gasteiger partial charge in [-0.2, -0.15) is 0 Å². The second-order valence-electron chi connectivity index (χ2n) is 4.23. The molecule has 4 nitrogen and oxygen atoms in total. The van der Waals surface area contributed by atoms with Crippen molar-refractivity contribution in [3.63, 3.8) is 0 Å². The molecule has 3 heterocycles. The highest BCUT2D eigenvalue weighted by atomic mass is 16.5. The van der Waals surface area contributed by atoms with E-state index in [1.807, 2.05) is 12.3 Å². The van der Waals surface area contributed by atoms with Crippen LogP contribution in [0.4, 0.5) is 0 Å². The van der Waals surface area contributed by atoms with Crippen molar-refractivity contribution in [1.82, 2.24) is 15.0 Å². The zero-order valence-corrected chi connectivity index (χ0v) is 9.31. The summed E-state index contributed by atoms with van der Waals surface area (Å²) < 4.78 is 5.69. The highest BCUT2D eigenvalue weighted by molar-refractivity contribution is 5.73. The highest BCUT2D eigenvalue weighted by Gasteiger charge is 2.30. The van der Waals surface area contributed by atoms with Gasteiger partial charge in [0.2, 0.25) is 0 Å². The number of hydrogen-bond donors (Lipinski definition) is 1. The Morgan fingerprint density at radius 3 is 3.31 bits per heavy atom. The van der Waals surface area contributed by atoms with E-state index in [1.54, 1.807) is 6.20 Å². The largest absolute Gasteiger partial charge is 0.377 e. The van der Waals surface area contributed by atoms with E-state index in [0.717, 1.165) is 36.3 Å². The molecule has 0 amide bonds. The van der Waals surface area contributed by atoms with Crippen molar-refractivity contribution in [3.05, 3.63) is 24.3 Å². The van der Waals surface area contributed by atoms with Crippen LogP contribution in [0.25, 0.3) is 11.0 Å². The van der Waals surface area contributed by atoms with Crippen LogP contribution in [-0.4, -0.2) is 27.7 Å². The molecule has 0 spiro atoms. The average molecular weight is 217 g/mol. The molecule has 4 heteroatoms. The molecular formula is C12H15N3O. The van der Waals surface area contributed by atoms with E-state index in [4.69, 9.17) is 4.74 Å². The third-order valence-electron chi connectivity index (χ3n) is 3.26. The summed E-state index contributed by atoms with van der Waals surface area (Å²) in [5, 5.41) is 0. The fourth-order valence-corrected chi connectivity index (χ4v) is 2.42. The zero-order chi connectivity index (χ0) is 11.0. The van der Waals surface area contributed by atoms with Gasteiger partial charge in [0.25, 0.3) is 0 Å². The normalized spacial score (nSPS) is 25.3. The van der Waals surface area contributed by atoms with Gasteiger partial charge >= 0.3 is 0 Å². The molecule has 0 saturated carbocycles. The molecule has 84 valence electrons. The van der Waals surface area contributed by atoms with Crippen LogP contribution in [0.3, 0.4) is 0 Å². The lowest BCUT2D eigenvalue weighted by Gasteiger charge is -2.13. The van der Waals surface area contributed by atoms with E-state index in [2.05, 4.69) is 21.9 Å². The molecular weight excluding hydrogens is 202 g/mol. The minimum absolute atomic E-state index is 0.313. The number of aromatic nitrogens is 3. The molecule has 2 aromatic heterocycles. The quantitative estimate of drug-likeness (QED) is 0.839. The number of nitrogens with one attached hydrogen (secondary N) is 1. The lowest BCUT2D eigenvalue weighted by molar-refractivity contribution is 0.0996. The first-order valence-corrected chi connectivity index (χ1v) is 5.79. The van der Waals surface area contributed by atoms with Crippen LogP contribution in [0.15, 0.2) is 18.5 Å². The van der Waals surface area contributed by atoms with E-state index in [0.29, 0.717) is 12.0 Å². The first-order chi connectivity index (χ1) is 7.88. The summed E-state index contributed by atoms with van der Waals surface area (Å²) in [6, 6.07) is 1.94. The maximum Gasteiger partial charge on any atom is 0.113 e. The number of hydrogen-bond acceptors (Lipinski definition) is 3. The zero-order valence-electron chi connectivity index (χ0n) is 9.31. The Kier molecular flexibility index (Phi) is 2.36. The second kappa shape index (κ2) is 3.87. The molecule has 2 aromatic rings. The van der Waals surface area contributed by atoms with Crippen molar-refractivity contribution in [2.24, 2.45) is 0 Å². The Bertz CT molecular complexity index is 461. The van der Waals surface area contributed by atoms with E-state index in [1.165, 1.54) is 0 Å². The van der Waals surface area contributed by atoms with Gasteiger partial charge in [-0.15, -0.1) is 0 Å². The van der Waals surface area contributed by atoms with Crippen LogP contribution in [0.5, 0.6) is 0 Å². The van der Waals surface area contributed by atoms with Gasteiger partial charge in [0.1, 0.15) is 5.82 Å². The van der Waals surface area contributed by atoms with Gasteiger partial charge in [-0.1, -0.05) is 6.92 Å². The van der Waals surface area contributed by atoms with E-state index >= 15 is 0 Å². The third-order valence-corrected chi connectivity index (χ3v) is 3.26. The Hall–Kier alpha value is -1.42. The maximum absolute atomic E-state index is 5.69. The molecule has 3 rings (SSSR count). The van der Waals surface area contributed by atoms with Gasteiger partial charge < -0.3 is 9.72 Å². The molecule has 1 fully saturated rings. The summed E-state index contributed by atoms with van der Waals surface area (Å²) in [5.74, 6) is 1.46. The molecule has 16 heavy (non-hydrogen) atoms. The van der Waals surface area contributed by atoms with Crippen LogP contribution < -0.4 is 0 Å². The number of imidazole rings is 1. The van der Waals surface area contributed by atoms with Crippen molar-refractivity contribution in [3.8, 4) is 0 Å². The molecule has 2 unspecified atom stereocenters. The lowest BCUT2D eigenvalue weighted by Crippen LogP contribution is -2.14. The summed E-state index contributed by atoms with van der Waals surface area (Å²) in [6.45, 7) is 3.01. The number of aromatic amines is 1. The highest BCUT2D eigenvalue weighted by Crippen LogP contribution is 2.32. The van der Waals surface area contributed by atoms with E-state index < -0.39 is 0 Å². The summed E-state index contributed by atoms with van der Waals surface area (Å²) in [4.78, 5) is 12.1. The average Bonchev–Trinajstić information content (AvgIpc) is 2.94. The number of nitrogens with zero attached hydrogens (tertiary/aromatic N) is 2. The first-order valence-electron chi connectivity index (χ1n) is 5.79. The van der Waals surface area contributed by atoms with Gasteiger partial charge in [0.15, 0.2) is 0 Å². The topological polar surface area (TPSA) is 50.8 Å². The molecule has 1 N–H and O–H groups in total. The lowest BCUT2D eigenvalue weighted by atomic mass is 9.99. The molecule has 1 saturated heterocycles.